The fraction of sp³-hybridized carbons (Fsp3) is 0.467. The van der Waals surface area contributed by atoms with Gasteiger partial charge < -0.3 is 9.84 Å². The summed E-state index contributed by atoms with van der Waals surface area (Å²) in [6.45, 7) is 4.23. The number of esters is 1. The SMILES string of the molecule is CC(C)c1cc(CCC2CC=C(O)C(=O)O2)ccn1. The Morgan fingerprint density at radius 1 is 1.53 bits per heavy atom. The van der Waals surface area contributed by atoms with Crippen LogP contribution in [-0.4, -0.2) is 22.2 Å². The molecule has 0 aromatic carbocycles. The summed E-state index contributed by atoms with van der Waals surface area (Å²) < 4.78 is 5.13. The molecule has 4 heteroatoms. The van der Waals surface area contributed by atoms with Gasteiger partial charge in [0.05, 0.1) is 0 Å². The van der Waals surface area contributed by atoms with Gasteiger partial charge in [-0.15, -0.1) is 0 Å². The Kier molecular flexibility index (Phi) is 4.20. The number of aliphatic hydroxyl groups is 1. The smallest absolute Gasteiger partial charge is 0.373 e. The topological polar surface area (TPSA) is 59.4 Å². The third-order valence-corrected chi connectivity index (χ3v) is 3.25. The van der Waals surface area contributed by atoms with Gasteiger partial charge in [0.25, 0.3) is 0 Å². The Morgan fingerprint density at radius 3 is 3.00 bits per heavy atom. The van der Waals surface area contributed by atoms with Gasteiger partial charge in [-0.1, -0.05) is 13.8 Å². The minimum atomic E-state index is -0.617. The highest BCUT2D eigenvalue weighted by molar-refractivity contribution is 5.86. The number of cyclic esters (lactones) is 1. The summed E-state index contributed by atoms with van der Waals surface area (Å²) in [5.41, 5.74) is 2.28. The van der Waals surface area contributed by atoms with Crippen molar-refractivity contribution in [2.45, 2.75) is 45.1 Å². The van der Waals surface area contributed by atoms with E-state index in [1.807, 2.05) is 12.3 Å². The molecule has 1 aromatic rings. The molecule has 1 N–H and O–H groups in total. The van der Waals surface area contributed by atoms with E-state index in [2.05, 4.69) is 24.9 Å². The first-order chi connectivity index (χ1) is 9.06. The number of hydrogen-bond acceptors (Lipinski definition) is 4. The number of carbonyl (C=O) groups excluding carboxylic acids is 1. The first kappa shape index (κ1) is 13.6. The zero-order valence-corrected chi connectivity index (χ0v) is 11.3. The molecule has 1 unspecified atom stereocenters. The molecule has 0 aliphatic carbocycles. The fourth-order valence-corrected chi connectivity index (χ4v) is 2.06. The predicted molar refractivity (Wildman–Crippen MR) is 71.9 cm³/mol. The Morgan fingerprint density at radius 2 is 2.32 bits per heavy atom. The monoisotopic (exact) mass is 261 g/mol. The van der Waals surface area contributed by atoms with Crippen LogP contribution in [0.25, 0.3) is 0 Å². The molecular formula is C15H19NO3. The Bertz CT molecular complexity index is 494. The lowest BCUT2D eigenvalue weighted by atomic mass is 10.0. The second-order valence-corrected chi connectivity index (χ2v) is 5.13. The molecule has 1 aromatic heterocycles. The second-order valence-electron chi connectivity index (χ2n) is 5.13. The molecule has 2 heterocycles. The number of aliphatic hydroxyl groups excluding tert-OH is 1. The van der Waals surface area contributed by atoms with Crippen LogP contribution in [-0.2, 0) is 16.0 Å². The van der Waals surface area contributed by atoms with Crippen LogP contribution in [0.1, 0.15) is 43.9 Å². The van der Waals surface area contributed by atoms with Gasteiger partial charge in [0, 0.05) is 18.3 Å². The van der Waals surface area contributed by atoms with Crippen molar-refractivity contribution in [1.29, 1.82) is 0 Å². The number of nitrogens with zero attached hydrogens (tertiary/aromatic N) is 1. The molecule has 1 aliphatic rings. The van der Waals surface area contributed by atoms with E-state index in [1.165, 1.54) is 11.6 Å². The minimum absolute atomic E-state index is 0.140. The van der Waals surface area contributed by atoms with E-state index in [-0.39, 0.29) is 11.9 Å². The van der Waals surface area contributed by atoms with Gasteiger partial charge in [-0.25, -0.2) is 4.79 Å². The Hall–Kier alpha value is -1.84. The summed E-state index contributed by atoms with van der Waals surface area (Å²) >= 11 is 0. The Labute approximate surface area is 113 Å². The summed E-state index contributed by atoms with van der Waals surface area (Å²) in [4.78, 5) is 15.5. The first-order valence-corrected chi connectivity index (χ1v) is 6.61. The van der Waals surface area contributed by atoms with Gasteiger partial charge in [-0.2, -0.15) is 0 Å². The highest BCUT2D eigenvalue weighted by atomic mass is 16.6. The zero-order valence-electron chi connectivity index (χ0n) is 11.3. The number of hydrogen-bond donors (Lipinski definition) is 1. The lowest BCUT2D eigenvalue weighted by Crippen LogP contribution is -2.24. The van der Waals surface area contributed by atoms with Crippen molar-refractivity contribution in [1.82, 2.24) is 4.98 Å². The average Bonchev–Trinajstić information content (AvgIpc) is 2.40. The van der Waals surface area contributed by atoms with Crippen LogP contribution in [0.15, 0.2) is 30.2 Å². The van der Waals surface area contributed by atoms with Crippen LogP contribution in [0, 0.1) is 0 Å². The number of rotatable bonds is 4. The summed E-state index contributed by atoms with van der Waals surface area (Å²) in [5, 5.41) is 9.16. The van der Waals surface area contributed by atoms with Crippen molar-refractivity contribution in [3.8, 4) is 0 Å². The minimum Gasteiger partial charge on any atom is -0.502 e. The maximum atomic E-state index is 11.2. The van der Waals surface area contributed by atoms with Crippen LogP contribution < -0.4 is 0 Å². The lowest BCUT2D eigenvalue weighted by molar-refractivity contribution is -0.149. The molecule has 0 spiro atoms. The van der Waals surface area contributed by atoms with Gasteiger partial charge in [-0.3, -0.25) is 4.98 Å². The molecule has 0 saturated heterocycles. The summed E-state index contributed by atoms with van der Waals surface area (Å²) in [6.07, 6.45) is 5.40. The van der Waals surface area contributed by atoms with Crippen molar-refractivity contribution in [3.63, 3.8) is 0 Å². The molecule has 4 nitrogen and oxygen atoms in total. The van der Waals surface area contributed by atoms with E-state index in [1.54, 1.807) is 0 Å². The lowest BCUT2D eigenvalue weighted by Gasteiger charge is -2.20. The molecular weight excluding hydrogens is 242 g/mol. The standard InChI is InChI=1S/C15H19NO3/c1-10(2)13-9-11(7-8-16-13)3-4-12-5-6-14(17)15(18)19-12/h6-10,12,17H,3-5H2,1-2H3. The van der Waals surface area contributed by atoms with Crippen LogP contribution in [0.3, 0.4) is 0 Å². The van der Waals surface area contributed by atoms with Crippen molar-refractivity contribution in [2.75, 3.05) is 0 Å². The van der Waals surface area contributed by atoms with E-state index in [9.17, 15) is 4.79 Å². The predicted octanol–water partition coefficient (Wildman–Crippen LogP) is 2.90. The molecule has 19 heavy (non-hydrogen) atoms. The molecule has 0 radical (unpaired) electrons. The van der Waals surface area contributed by atoms with E-state index in [0.717, 1.165) is 18.5 Å². The van der Waals surface area contributed by atoms with Crippen molar-refractivity contribution >= 4 is 5.97 Å². The van der Waals surface area contributed by atoms with Gasteiger partial charge in [-0.05, 0) is 42.5 Å². The van der Waals surface area contributed by atoms with Crippen molar-refractivity contribution in [2.24, 2.45) is 0 Å². The average molecular weight is 261 g/mol. The summed E-state index contributed by atoms with van der Waals surface area (Å²) in [7, 11) is 0. The highest BCUT2D eigenvalue weighted by Crippen LogP contribution is 2.19. The summed E-state index contributed by atoms with van der Waals surface area (Å²) in [6, 6.07) is 4.09. The number of ether oxygens (including phenoxy) is 1. The zero-order chi connectivity index (χ0) is 13.8. The van der Waals surface area contributed by atoms with Crippen LogP contribution in [0.5, 0.6) is 0 Å². The quantitative estimate of drug-likeness (QED) is 0.847. The molecule has 2 rings (SSSR count). The molecule has 1 atom stereocenters. The largest absolute Gasteiger partial charge is 0.502 e. The molecule has 0 fully saturated rings. The maximum absolute atomic E-state index is 11.2. The van der Waals surface area contributed by atoms with Gasteiger partial charge in [0.2, 0.25) is 0 Å². The normalized spacial score (nSPS) is 19.2. The second kappa shape index (κ2) is 5.87. The number of aromatic nitrogens is 1. The van der Waals surface area contributed by atoms with Gasteiger partial charge >= 0.3 is 5.97 Å². The van der Waals surface area contributed by atoms with Crippen LogP contribution in [0.2, 0.25) is 0 Å². The molecule has 102 valence electrons. The van der Waals surface area contributed by atoms with E-state index >= 15 is 0 Å². The summed E-state index contributed by atoms with van der Waals surface area (Å²) in [5.74, 6) is -0.483. The molecule has 0 saturated carbocycles. The van der Waals surface area contributed by atoms with E-state index in [0.29, 0.717) is 12.3 Å². The maximum Gasteiger partial charge on any atom is 0.373 e. The van der Waals surface area contributed by atoms with E-state index in [4.69, 9.17) is 9.84 Å². The molecule has 0 amide bonds. The van der Waals surface area contributed by atoms with Crippen LogP contribution in [0.4, 0.5) is 0 Å². The van der Waals surface area contributed by atoms with Crippen molar-refractivity contribution < 1.29 is 14.6 Å². The third kappa shape index (κ3) is 3.56. The van der Waals surface area contributed by atoms with Gasteiger partial charge in [0.1, 0.15) is 6.10 Å². The molecule has 1 aliphatic heterocycles. The fourth-order valence-electron chi connectivity index (χ4n) is 2.06. The van der Waals surface area contributed by atoms with Gasteiger partial charge in [0.15, 0.2) is 5.76 Å². The number of aryl methyl sites for hydroxylation is 1. The first-order valence-electron chi connectivity index (χ1n) is 6.61. The molecule has 0 bridgehead atoms. The van der Waals surface area contributed by atoms with Crippen molar-refractivity contribution in [3.05, 3.63) is 41.4 Å². The number of pyridine rings is 1. The third-order valence-electron chi connectivity index (χ3n) is 3.25. The van der Waals surface area contributed by atoms with E-state index < -0.39 is 5.97 Å². The highest BCUT2D eigenvalue weighted by Gasteiger charge is 2.22. The van der Waals surface area contributed by atoms with Crippen LogP contribution >= 0.6 is 0 Å². The Balaban J connectivity index is 1.92. The number of carbonyl (C=O) groups is 1.